The number of imidazole rings is 1. The van der Waals surface area contributed by atoms with Gasteiger partial charge >= 0.3 is 0 Å². The lowest BCUT2D eigenvalue weighted by Crippen LogP contribution is -2.34. The van der Waals surface area contributed by atoms with Crippen LogP contribution in [0.5, 0.6) is 5.75 Å². The zero-order valence-corrected chi connectivity index (χ0v) is 15.7. The first kappa shape index (κ1) is 16.2. The molecule has 1 aliphatic heterocycles. The zero-order valence-electron chi connectivity index (χ0n) is 15.0. The third-order valence-electron chi connectivity index (χ3n) is 6.55. The van der Waals surface area contributed by atoms with Gasteiger partial charge in [-0.1, -0.05) is 36.7 Å². The number of para-hydroxylation sites is 1. The maximum absolute atomic E-state index is 6.11. The fourth-order valence-corrected chi connectivity index (χ4v) is 5.04. The molecule has 0 saturated heterocycles. The molecule has 0 radical (unpaired) electrons. The van der Waals surface area contributed by atoms with Crippen LogP contribution in [0.4, 0.5) is 0 Å². The van der Waals surface area contributed by atoms with E-state index in [1.165, 1.54) is 31.2 Å². The molecule has 1 unspecified atom stereocenters. The van der Waals surface area contributed by atoms with Crippen LogP contribution in [0.25, 0.3) is 11.0 Å². The van der Waals surface area contributed by atoms with Crippen LogP contribution in [0.3, 0.4) is 0 Å². The van der Waals surface area contributed by atoms with E-state index in [9.17, 15) is 0 Å². The van der Waals surface area contributed by atoms with Crippen molar-refractivity contribution < 1.29 is 4.74 Å². The molecule has 2 aliphatic rings. The van der Waals surface area contributed by atoms with Gasteiger partial charge < -0.3 is 9.72 Å². The summed E-state index contributed by atoms with van der Waals surface area (Å²) in [7, 11) is 0. The molecule has 134 valence electrons. The second-order valence-electron chi connectivity index (χ2n) is 7.97. The SMILES string of the molecule is CC(c1nc2ccc(Cl)cc2[nH]1)C1CCC2(CC1)COc1ccccc12. The Morgan fingerprint density at radius 3 is 2.85 bits per heavy atom. The Hall–Kier alpha value is -2.00. The quantitative estimate of drug-likeness (QED) is 0.618. The van der Waals surface area contributed by atoms with Crippen molar-refractivity contribution in [1.29, 1.82) is 0 Å². The summed E-state index contributed by atoms with van der Waals surface area (Å²) in [6.07, 6.45) is 4.84. The van der Waals surface area contributed by atoms with Gasteiger partial charge in [-0.3, -0.25) is 0 Å². The summed E-state index contributed by atoms with van der Waals surface area (Å²) in [6.45, 7) is 3.15. The van der Waals surface area contributed by atoms with E-state index in [4.69, 9.17) is 21.3 Å². The second kappa shape index (κ2) is 6.02. The third kappa shape index (κ3) is 2.52. The molecule has 1 fully saturated rings. The van der Waals surface area contributed by atoms with E-state index in [-0.39, 0.29) is 5.41 Å². The maximum Gasteiger partial charge on any atom is 0.123 e. The lowest BCUT2D eigenvalue weighted by Gasteiger charge is -2.38. The van der Waals surface area contributed by atoms with Gasteiger partial charge in [0, 0.05) is 21.9 Å². The van der Waals surface area contributed by atoms with Crippen molar-refractivity contribution >= 4 is 22.6 Å². The summed E-state index contributed by atoms with van der Waals surface area (Å²) >= 11 is 6.11. The fraction of sp³-hybridized carbons (Fsp3) is 0.409. The van der Waals surface area contributed by atoms with Crippen molar-refractivity contribution in [2.45, 2.75) is 43.9 Å². The molecular weight excluding hydrogens is 344 g/mol. The smallest absolute Gasteiger partial charge is 0.123 e. The van der Waals surface area contributed by atoms with E-state index >= 15 is 0 Å². The van der Waals surface area contributed by atoms with Crippen molar-refractivity contribution in [2.24, 2.45) is 5.92 Å². The van der Waals surface area contributed by atoms with Crippen LogP contribution in [0.1, 0.15) is 49.9 Å². The van der Waals surface area contributed by atoms with Crippen molar-refractivity contribution in [3.63, 3.8) is 0 Å². The minimum Gasteiger partial charge on any atom is -0.492 e. The molecule has 3 nitrogen and oxygen atoms in total. The Bertz CT molecular complexity index is 956. The summed E-state index contributed by atoms with van der Waals surface area (Å²) in [5.41, 5.74) is 3.68. The zero-order chi connectivity index (χ0) is 17.7. The van der Waals surface area contributed by atoms with Gasteiger partial charge in [-0.2, -0.15) is 0 Å². The molecule has 5 rings (SSSR count). The van der Waals surface area contributed by atoms with Gasteiger partial charge in [0.05, 0.1) is 17.6 Å². The standard InChI is InChI=1S/C22H23ClN2O/c1-14(21-24-18-7-6-16(23)12-19(18)25-21)15-8-10-22(11-9-15)13-26-20-5-3-2-4-17(20)22/h2-7,12,14-15H,8-11,13H2,1H3,(H,24,25). The molecule has 1 aliphatic carbocycles. The number of nitrogens with one attached hydrogen (secondary N) is 1. The van der Waals surface area contributed by atoms with Gasteiger partial charge in [0.15, 0.2) is 0 Å². The first-order chi connectivity index (χ1) is 12.6. The van der Waals surface area contributed by atoms with Crippen LogP contribution in [0, 0.1) is 5.92 Å². The number of fused-ring (bicyclic) bond motifs is 3. The summed E-state index contributed by atoms with van der Waals surface area (Å²) in [4.78, 5) is 8.30. The molecule has 4 heteroatoms. The van der Waals surface area contributed by atoms with Gasteiger partial charge in [0.2, 0.25) is 0 Å². The largest absolute Gasteiger partial charge is 0.492 e. The molecule has 2 aromatic carbocycles. The first-order valence-electron chi connectivity index (χ1n) is 9.52. The monoisotopic (exact) mass is 366 g/mol. The molecule has 1 saturated carbocycles. The van der Waals surface area contributed by atoms with Crippen molar-refractivity contribution in [3.8, 4) is 5.75 Å². The third-order valence-corrected chi connectivity index (χ3v) is 6.79. The molecule has 2 heterocycles. The number of hydrogen-bond acceptors (Lipinski definition) is 2. The van der Waals surface area contributed by atoms with E-state index in [1.54, 1.807) is 0 Å². The summed E-state index contributed by atoms with van der Waals surface area (Å²) < 4.78 is 5.99. The number of H-pyrrole nitrogens is 1. The molecule has 1 N–H and O–H groups in total. The van der Waals surface area contributed by atoms with Crippen LogP contribution in [-0.4, -0.2) is 16.6 Å². The molecule has 1 spiro atoms. The predicted octanol–water partition coefficient (Wildman–Crippen LogP) is 5.84. The normalized spacial score (nSPS) is 26.0. The van der Waals surface area contributed by atoms with Crippen molar-refractivity contribution in [3.05, 3.63) is 58.9 Å². The number of benzene rings is 2. The first-order valence-corrected chi connectivity index (χ1v) is 9.90. The Kier molecular flexibility index (Phi) is 3.75. The van der Waals surface area contributed by atoms with Gasteiger partial charge in [-0.15, -0.1) is 0 Å². The average molecular weight is 367 g/mol. The highest BCUT2D eigenvalue weighted by atomic mass is 35.5. The molecule has 1 atom stereocenters. The number of nitrogens with zero attached hydrogens (tertiary/aromatic N) is 1. The Morgan fingerprint density at radius 1 is 1.19 bits per heavy atom. The highest BCUT2D eigenvalue weighted by Crippen LogP contribution is 2.50. The number of ether oxygens (including phenoxy) is 1. The molecule has 26 heavy (non-hydrogen) atoms. The van der Waals surface area contributed by atoms with Crippen LogP contribution in [0.15, 0.2) is 42.5 Å². The van der Waals surface area contributed by atoms with E-state index in [0.717, 1.165) is 34.2 Å². The Balaban J connectivity index is 1.35. The minimum atomic E-state index is 0.230. The predicted molar refractivity (Wildman–Crippen MR) is 105 cm³/mol. The highest BCUT2D eigenvalue weighted by molar-refractivity contribution is 6.31. The summed E-state index contributed by atoms with van der Waals surface area (Å²) in [6, 6.07) is 14.4. The molecule has 1 aromatic heterocycles. The van der Waals surface area contributed by atoms with Crippen molar-refractivity contribution in [1.82, 2.24) is 9.97 Å². The van der Waals surface area contributed by atoms with Crippen LogP contribution in [0.2, 0.25) is 5.02 Å². The number of rotatable bonds is 2. The lowest BCUT2D eigenvalue weighted by atomic mass is 9.65. The topological polar surface area (TPSA) is 37.9 Å². The molecular formula is C22H23ClN2O. The number of hydrogen-bond donors (Lipinski definition) is 1. The number of aromatic amines is 1. The maximum atomic E-state index is 6.11. The van der Waals surface area contributed by atoms with Gasteiger partial charge in [0.25, 0.3) is 0 Å². The number of aromatic nitrogens is 2. The highest BCUT2D eigenvalue weighted by Gasteiger charge is 2.44. The van der Waals surface area contributed by atoms with Crippen LogP contribution in [-0.2, 0) is 5.41 Å². The molecule has 3 aromatic rings. The van der Waals surface area contributed by atoms with E-state index in [2.05, 4.69) is 36.2 Å². The van der Waals surface area contributed by atoms with E-state index in [0.29, 0.717) is 11.8 Å². The van der Waals surface area contributed by atoms with Crippen LogP contribution >= 0.6 is 11.6 Å². The van der Waals surface area contributed by atoms with E-state index in [1.807, 2.05) is 18.2 Å². The summed E-state index contributed by atoms with van der Waals surface area (Å²) in [5.74, 6) is 3.26. The van der Waals surface area contributed by atoms with Crippen LogP contribution < -0.4 is 4.74 Å². The molecule has 0 amide bonds. The fourth-order valence-electron chi connectivity index (χ4n) is 4.87. The summed E-state index contributed by atoms with van der Waals surface area (Å²) in [5, 5.41) is 0.750. The van der Waals surface area contributed by atoms with Gasteiger partial charge in [-0.25, -0.2) is 4.98 Å². The average Bonchev–Trinajstić information content (AvgIpc) is 3.24. The van der Waals surface area contributed by atoms with E-state index < -0.39 is 0 Å². The Morgan fingerprint density at radius 2 is 2.00 bits per heavy atom. The van der Waals surface area contributed by atoms with Crippen molar-refractivity contribution in [2.75, 3.05) is 6.61 Å². The number of halogens is 1. The van der Waals surface area contributed by atoms with Gasteiger partial charge in [0.1, 0.15) is 11.6 Å². The van der Waals surface area contributed by atoms with Gasteiger partial charge in [-0.05, 0) is 55.9 Å². The minimum absolute atomic E-state index is 0.230. The molecule has 0 bridgehead atoms. The second-order valence-corrected chi connectivity index (χ2v) is 8.41. The lowest BCUT2D eigenvalue weighted by molar-refractivity contribution is 0.169. The Labute approximate surface area is 158 Å².